The zero-order valence-corrected chi connectivity index (χ0v) is 16.2. The summed E-state index contributed by atoms with van der Waals surface area (Å²) in [6.45, 7) is 0.457. The van der Waals surface area contributed by atoms with Gasteiger partial charge in [-0.2, -0.15) is 24.2 Å². The number of carbonyl (C=O) groups excluding carboxylic acids is 1. The van der Waals surface area contributed by atoms with Gasteiger partial charge in [-0.05, 0) is 37.1 Å². The van der Waals surface area contributed by atoms with Crippen LogP contribution >= 0.6 is 23.4 Å². The first kappa shape index (κ1) is 20.3. The van der Waals surface area contributed by atoms with Crippen LogP contribution in [0.25, 0.3) is 0 Å². The van der Waals surface area contributed by atoms with Gasteiger partial charge >= 0.3 is 11.3 Å². The highest BCUT2D eigenvalue weighted by Crippen LogP contribution is 2.47. The van der Waals surface area contributed by atoms with Crippen molar-refractivity contribution in [3.05, 3.63) is 47.2 Å². The monoisotopic (exact) mass is 423 g/mol. The molecule has 10 heteroatoms. The van der Waals surface area contributed by atoms with E-state index in [1.807, 2.05) is 6.07 Å². The van der Waals surface area contributed by atoms with E-state index >= 15 is 0 Å². The lowest BCUT2D eigenvalue weighted by molar-refractivity contribution is 0.0100. The Morgan fingerprint density at radius 2 is 2.07 bits per heavy atom. The molecule has 1 fully saturated rings. The Hall–Kier alpha value is -2.44. The van der Waals surface area contributed by atoms with E-state index in [4.69, 9.17) is 16.9 Å². The van der Waals surface area contributed by atoms with Crippen molar-refractivity contribution >= 4 is 35.1 Å². The molecule has 1 N–H and O–H groups in total. The topological polar surface area (TPSA) is 81.9 Å². The number of nitrogens with one attached hydrogen (secondary N) is 1. The summed E-state index contributed by atoms with van der Waals surface area (Å²) in [7, 11) is 0. The number of aromatic nitrogens is 2. The first-order chi connectivity index (χ1) is 13.4. The van der Waals surface area contributed by atoms with Crippen molar-refractivity contribution in [3.8, 4) is 6.07 Å². The Labute approximate surface area is 169 Å². The zero-order chi connectivity index (χ0) is 20.1. The molecule has 2 amide bonds. The van der Waals surface area contributed by atoms with Gasteiger partial charge in [0.1, 0.15) is 0 Å². The Bertz CT molecular complexity index is 885. The van der Waals surface area contributed by atoms with E-state index in [0.717, 1.165) is 0 Å². The maximum Gasteiger partial charge on any atom is 0.321 e. The Morgan fingerprint density at radius 1 is 1.32 bits per heavy atom. The lowest BCUT2D eigenvalue weighted by Gasteiger charge is -2.35. The molecule has 0 atom stereocenters. The fraction of sp³-hybridized carbons (Fsp3) is 0.333. The third-order valence-corrected chi connectivity index (χ3v) is 6.01. The quantitative estimate of drug-likeness (QED) is 0.725. The summed E-state index contributed by atoms with van der Waals surface area (Å²) in [5.74, 6) is -0.879. The number of likely N-dealkylation sites (tertiary alicyclic amines) is 1. The average molecular weight is 424 g/mol. The highest BCUT2D eigenvalue weighted by molar-refractivity contribution is 8.00. The third-order valence-electron chi connectivity index (χ3n) is 4.40. The fourth-order valence-electron chi connectivity index (χ4n) is 2.87. The molecule has 0 radical (unpaired) electrons. The number of carbonyl (C=O) groups is 1. The van der Waals surface area contributed by atoms with Crippen LogP contribution in [0.3, 0.4) is 0 Å². The first-order valence-corrected chi connectivity index (χ1v) is 9.67. The van der Waals surface area contributed by atoms with Crippen LogP contribution in [0.5, 0.6) is 0 Å². The Morgan fingerprint density at radius 3 is 2.68 bits per heavy atom. The predicted octanol–water partition coefficient (Wildman–Crippen LogP) is 4.63. The largest absolute Gasteiger partial charge is 0.325 e. The van der Waals surface area contributed by atoms with E-state index in [0.29, 0.717) is 23.0 Å². The van der Waals surface area contributed by atoms with Crippen molar-refractivity contribution in [1.29, 1.82) is 5.26 Å². The van der Waals surface area contributed by atoms with Crippen molar-refractivity contribution in [2.24, 2.45) is 5.92 Å². The molecule has 6 nitrogen and oxygen atoms in total. The van der Waals surface area contributed by atoms with Crippen molar-refractivity contribution in [2.45, 2.75) is 23.0 Å². The molecular formula is C18H16ClF2N5OS. The highest BCUT2D eigenvalue weighted by Gasteiger charge is 2.43. The molecule has 146 valence electrons. The molecule has 0 aliphatic carbocycles. The van der Waals surface area contributed by atoms with Crippen LogP contribution < -0.4 is 5.32 Å². The number of alkyl halides is 2. The number of nitrogens with zero attached hydrogens (tertiary/aromatic N) is 4. The number of hydrogen-bond acceptors (Lipinski definition) is 5. The van der Waals surface area contributed by atoms with E-state index in [9.17, 15) is 13.6 Å². The summed E-state index contributed by atoms with van der Waals surface area (Å²) in [6, 6.07) is 7.45. The highest BCUT2D eigenvalue weighted by atomic mass is 35.5. The van der Waals surface area contributed by atoms with E-state index < -0.39 is 11.2 Å². The van der Waals surface area contributed by atoms with Gasteiger partial charge in [-0.15, -0.1) is 0 Å². The maximum atomic E-state index is 14.7. The number of benzene rings is 1. The lowest BCUT2D eigenvalue weighted by atomic mass is 9.97. The van der Waals surface area contributed by atoms with Gasteiger partial charge in [-0.1, -0.05) is 23.4 Å². The normalized spacial score (nSPS) is 15.1. The van der Waals surface area contributed by atoms with E-state index in [1.165, 1.54) is 35.5 Å². The summed E-state index contributed by atoms with van der Waals surface area (Å²) in [5, 5.41) is 15.9. The second kappa shape index (κ2) is 8.71. The van der Waals surface area contributed by atoms with Crippen molar-refractivity contribution in [2.75, 3.05) is 18.4 Å². The van der Waals surface area contributed by atoms with Gasteiger partial charge in [0.25, 0.3) is 0 Å². The molecule has 1 aliphatic heterocycles. The van der Waals surface area contributed by atoms with Crippen LogP contribution in [0.15, 0.2) is 41.6 Å². The van der Waals surface area contributed by atoms with Crippen LogP contribution in [-0.4, -0.2) is 39.5 Å². The first-order valence-electron chi connectivity index (χ1n) is 8.48. The van der Waals surface area contributed by atoms with Crippen LogP contribution in [0.1, 0.15) is 18.4 Å². The number of thioether (sulfide) groups is 1. The molecule has 0 bridgehead atoms. The van der Waals surface area contributed by atoms with Crippen LogP contribution in [-0.2, 0) is 0 Å². The smallest absolute Gasteiger partial charge is 0.321 e. The van der Waals surface area contributed by atoms with E-state index in [-0.39, 0.29) is 41.9 Å². The summed E-state index contributed by atoms with van der Waals surface area (Å²) in [4.78, 5) is 14.0. The minimum atomic E-state index is -3.03. The molecule has 1 saturated heterocycles. The number of hydrogen-bond donors (Lipinski definition) is 1. The summed E-state index contributed by atoms with van der Waals surface area (Å²) >= 11 is 6.42. The number of halogens is 3. The van der Waals surface area contributed by atoms with Crippen molar-refractivity contribution in [3.63, 3.8) is 0 Å². The number of rotatable bonds is 4. The molecule has 2 heterocycles. The molecule has 0 unspecified atom stereocenters. The Kier molecular flexibility index (Phi) is 6.31. The Balaban J connectivity index is 1.57. The number of urea groups is 1. The SMILES string of the molecule is N#Cc1ccc(SC(F)(F)C2CCN(C(=O)Nc3ccnnc3)CC2)c(Cl)c1. The van der Waals surface area contributed by atoms with Gasteiger partial charge < -0.3 is 10.2 Å². The number of anilines is 1. The van der Waals surface area contributed by atoms with E-state index in [1.54, 1.807) is 6.07 Å². The van der Waals surface area contributed by atoms with Crippen LogP contribution in [0.4, 0.5) is 19.3 Å². The van der Waals surface area contributed by atoms with Gasteiger partial charge in [0.2, 0.25) is 0 Å². The van der Waals surface area contributed by atoms with Gasteiger partial charge in [-0.3, -0.25) is 0 Å². The van der Waals surface area contributed by atoms with Gasteiger partial charge in [0.15, 0.2) is 0 Å². The number of piperidine rings is 1. The molecule has 0 saturated carbocycles. The van der Waals surface area contributed by atoms with Crippen LogP contribution in [0.2, 0.25) is 5.02 Å². The summed E-state index contributed by atoms with van der Waals surface area (Å²) in [5.41, 5.74) is 0.819. The molecule has 0 spiro atoms. The molecule has 1 aromatic carbocycles. The molecule has 28 heavy (non-hydrogen) atoms. The molecule has 1 aromatic heterocycles. The zero-order valence-electron chi connectivity index (χ0n) is 14.6. The van der Waals surface area contributed by atoms with Gasteiger partial charge in [0, 0.05) is 23.9 Å². The van der Waals surface area contributed by atoms with Crippen molar-refractivity contribution in [1.82, 2.24) is 15.1 Å². The standard InChI is InChI=1S/C18H16ClF2N5OS/c19-15-9-12(10-22)1-2-16(15)28-18(20,21)13-4-7-26(8-5-13)17(27)25-14-3-6-23-24-11-14/h1-3,6,9,11,13H,4-5,7-8H2,(H,23,25,27). The minimum absolute atomic E-state index is 0.131. The fourth-order valence-corrected chi connectivity index (χ4v) is 4.15. The summed E-state index contributed by atoms with van der Waals surface area (Å²) in [6.07, 6.45) is 3.22. The minimum Gasteiger partial charge on any atom is -0.325 e. The molecular weight excluding hydrogens is 408 g/mol. The second-order valence-electron chi connectivity index (χ2n) is 6.24. The molecule has 1 aliphatic rings. The molecule has 3 rings (SSSR count). The van der Waals surface area contributed by atoms with Gasteiger partial charge in [-0.25, -0.2) is 4.79 Å². The van der Waals surface area contributed by atoms with Gasteiger partial charge in [0.05, 0.1) is 34.7 Å². The summed E-state index contributed by atoms with van der Waals surface area (Å²) < 4.78 is 29.5. The second-order valence-corrected chi connectivity index (χ2v) is 7.84. The number of amides is 2. The molecule has 2 aromatic rings. The predicted molar refractivity (Wildman–Crippen MR) is 102 cm³/mol. The van der Waals surface area contributed by atoms with Crippen LogP contribution in [0, 0.1) is 17.2 Å². The van der Waals surface area contributed by atoms with E-state index in [2.05, 4.69) is 15.5 Å². The average Bonchev–Trinajstić information content (AvgIpc) is 2.70. The third kappa shape index (κ3) is 4.88. The lowest BCUT2D eigenvalue weighted by Crippen LogP contribution is -2.44. The maximum absolute atomic E-state index is 14.7. The van der Waals surface area contributed by atoms with Crippen molar-refractivity contribution < 1.29 is 13.6 Å². The number of nitriles is 1.